The SMILES string of the molecule is Cc1ccc(N(C(=O)Cn2nnc(-c3ccc(C)o3)n2)[C@H](C(=O)NC(C)(C)C)c2ccc(C)o2)cc1. The molecule has 0 fully saturated rings. The Kier molecular flexibility index (Phi) is 6.78. The predicted molar refractivity (Wildman–Crippen MR) is 133 cm³/mol. The second kappa shape index (κ2) is 9.80. The number of furan rings is 2. The van der Waals surface area contributed by atoms with E-state index in [-0.39, 0.29) is 18.3 Å². The van der Waals surface area contributed by atoms with Crippen molar-refractivity contribution in [3.63, 3.8) is 0 Å². The molecule has 10 heteroatoms. The molecule has 2 amide bonds. The first-order chi connectivity index (χ1) is 17.0. The third-order valence-corrected chi connectivity index (χ3v) is 5.31. The van der Waals surface area contributed by atoms with Gasteiger partial charge in [-0.3, -0.25) is 14.5 Å². The van der Waals surface area contributed by atoms with Crippen molar-refractivity contribution in [3.05, 3.63) is 71.4 Å². The molecule has 0 saturated carbocycles. The number of aryl methyl sites for hydroxylation is 3. The highest BCUT2D eigenvalue weighted by Crippen LogP contribution is 2.30. The number of rotatable bonds is 7. The average molecular weight is 491 g/mol. The number of anilines is 1. The highest BCUT2D eigenvalue weighted by molar-refractivity contribution is 6.01. The molecule has 1 N–H and O–H groups in total. The maximum Gasteiger partial charge on any atom is 0.251 e. The molecule has 1 aromatic carbocycles. The van der Waals surface area contributed by atoms with Gasteiger partial charge in [0, 0.05) is 11.2 Å². The monoisotopic (exact) mass is 490 g/mol. The molecule has 0 aliphatic carbocycles. The first-order valence-corrected chi connectivity index (χ1v) is 11.6. The molecule has 0 saturated heterocycles. The molecule has 0 bridgehead atoms. The van der Waals surface area contributed by atoms with Crippen LogP contribution in [0.3, 0.4) is 0 Å². The summed E-state index contributed by atoms with van der Waals surface area (Å²) in [5.41, 5.74) is 1.03. The zero-order valence-electron chi connectivity index (χ0n) is 21.3. The van der Waals surface area contributed by atoms with Crippen LogP contribution >= 0.6 is 0 Å². The first-order valence-electron chi connectivity index (χ1n) is 11.6. The molecular weight excluding hydrogens is 460 g/mol. The lowest BCUT2D eigenvalue weighted by Gasteiger charge is -2.32. The quantitative estimate of drug-likeness (QED) is 0.413. The van der Waals surface area contributed by atoms with Crippen LogP contribution in [0.15, 0.2) is 57.4 Å². The molecule has 0 radical (unpaired) electrons. The van der Waals surface area contributed by atoms with Crippen molar-refractivity contribution in [3.8, 4) is 11.6 Å². The van der Waals surface area contributed by atoms with Gasteiger partial charge in [-0.25, -0.2) is 0 Å². The predicted octanol–water partition coefficient (Wildman–Crippen LogP) is 4.14. The van der Waals surface area contributed by atoms with Gasteiger partial charge in [0.25, 0.3) is 11.8 Å². The lowest BCUT2D eigenvalue weighted by atomic mass is 10.1. The standard InChI is InChI=1S/C26H30N6O4/c1-16-7-11-19(12-8-16)32(23(20-13-9-17(2)35-20)25(34)27-26(4,5)6)22(33)15-31-29-24(28-30-31)21-14-10-18(3)36-21/h7-14,23H,15H2,1-6H3,(H,27,34)/t23-/m0/s1. The fourth-order valence-electron chi connectivity index (χ4n) is 3.72. The van der Waals surface area contributed by atoms with E-state index in [2.05, 4.69) is 20.7 Å². The van der Waals surface area contributed by atoms with Crippen LogP contribution in [0.25, 0.3) is 11.6 Å². The molecule has 3 aromatic heterocycles. The van der Waals surface area contributed by atoms with Crippen LogP contribution in [0.1, 0.15) is 49.7 Å². The largest absolute Gasteiger partial charge is 0.464 e. The molecule has 10 nitrogen and oxygen atoms in total. The zero-order chi connectivity index (χ0) is 26.0. The Bertz CT molecular complexity index is 1360. The highest BCUT2D eigenvalue weighted by atomic mass is 16.3. The van der Waals surface area contributed by atoms with Crippen molar-refractivity contribution >= 4 is 17.5 Å². The Morgan fingerprint density at radius 3 is 2.22 bits per heavy atom. The maximum absolute atomic E-state index is 13.8. The van der Waals surface area contributed by atoms with Gasteiger partial charge in [0.2, 0.25) is 5.82 Å². The first kappa shape index (κ1) is 24.9. The minimum atomic E-state index is -1.05. The van der Waals surface area contributed by atoms with Crippen molar-refractivity contribution in [2.75, 3.05) is 4.90 Å². The maximum atomic E-state index is 13.8. The number of hydrogen-bond donors (Lipinski definition) is 1. The summed E-state index contributed by atoms with van der Waals surface area (Å²) >= 11 is 0. The highest BCUT2D eigenvalue weighted by Gasteiger charge is 2.37. The van der Waals surface area contributed by atoms with Crippen molar-refractivity contribution in [1.82, 2.24) is 25.5 Å². The average Bonchev–Trinajstić information content (AvgIpc) is 3.53. The minimum Gasteiger partial charge on any atom is -0.464 e. The normalized spacial score (nSPS) is 12.4. The summed E-state index contributed by atoms with van der Waals surface area (Å²) in [6.45, 7) is 10.9. The van der Waals surface area contributed by atoms with E-state index in [1.807, 2.05) is 46.8 Å². The molecule has 0 spiro atoms. The zero-order valence-corrected chi connectivity index (χ0v) is 21.3. The number of carbonyl (C=O) groups is 2. The van der Waals surface area contributed by atoms with Crippen molar-refractivity contribution in [2.24, 2.45) is 0 Å². The van der Waals surface area contributed by atoms with Crippen molar-refractivity contribution in [2.45, 2.75) is 59.7 Å². The number of nitrogens with one attached hydrogen (secondary N) is 1. The molecule has 1 atom stereocenters. The van der Waals surface area contributed by atoms with Gasteiger partial charge in [0.05, 0.1) is 0 Å². The summed E-state index contributed by atoms with van der Waals surface area (Å²) in [7, 11) is 0. The Hall–Kier alpha value is -4.21. The molecule has 36 heavy (non-hydrogen) atoms. The van der Waals surface area contributed by atoms with E-state index in [4.69, 9.17) is 8.83 Å². The van der Waals surface area contributed by atoms with Gasteiger partial charge in [-0.2, -0.15) is 4.80 Å². The molecular formula is C26H30N6O4. The van der Waals surface area contributed by atoms with Crippen LogP contribution in [0.5, 0.6) is 0 Å². The Morgan fingerprint density at radius 2 is 1.64 bits per heavy atom. The third kappa shape index (κ3) is 5.70. The van der Waals surface area contributed by atoms with Crippen molar-refractivity contribution in [1.29, 1.82) is 0 Å². The Balaban J connectivity index is 1.72. The van der Waals surface area contributed by atoms with Crippen LogP contribution < -0.4 is 10.2 Å². The number of tetrazole rings is 1. The third-order valence-electron chi connectivity index (χ3n) is 5.31. The lowest BCUT2D eigenvalue weighted by Crippen LogP contribution is -2.50. The van der Waals surface area contributed by atoms with Crippen LogP contribution in [0, 0.1) is 20.8 Å². The van der Waals surface area contributed by atoms with E-state index < -0.39 is 17.5 Å². The summed E-state index contributed by atoms with van der Waals surface area (Å²) in [4.78, 5) is 30.0. The smallest absolute Gasteiger partial charge is 0.251 e. The van der Waals surface area contributed by atoms with Gasteiger partial charge in [0.15, 0.2) is 11.8 Å². The molecule has 0 aliphatic heterocycles. The number of nitrogens with zero attached hydrogens (tertiary/aromatic N) is 5. The minimum absolute atomic E-state index is 0.250. The van der Waals surface area contributed by atoms with E-state index in [9.17, 15) is 9.59 Å². The summed E-state index contributed by atoms with van der Waals surface area (Å²) in [6.07, 6.45) is 0. The molecule has 188 valence electrons. The Labute approximate surface area is 209 Å². The lowest BCUT2D eigenvalue weighted by molar-refractivity contribution is -0.128. The van der Waals surface area contributed by atoms with Crippen LogP contribution in [-0.2, 0) is 16.1 Å². The topological polar surface area (TPSA) is 119 Å². The van der Waals surface area contributed by atoms with Gasteiger partial charge >= 0.3 is 0 Å². The number of hydrogen-bond acceptors (Lipinski definition) is 7. The van der Waals surface area contributed by atoms with Crippen LogP contribution in [-0.4, -0.2) is 37.6 Å². The summed E-state index contributed by atoms with van der Waals surface area (Å²) in [6, 6.07) is 13.3. The fraction of sp³-hybridized carbons (Fsp3) is 0.346. The molecule has 4 rings (SSSR count). The van der Waals surface area contributed by atoms with Gasteiger partial charge in [-0.1, -0.05) is 17.7 Å². The number of benzene rings is 1. The second-order valence-corrected chi connectivity index (χ2v) is 9.74. The van der Waals surface area contributed by atoms with Crippen molar-refractivity contribution < 1.29 is 18.4 Å². The Morgan fingerprint density at radius 1 is 0.972 bits per heavy atom. The van der Waals surface area contributed by atoms with E-state index in [0.717, 1.165) is 5.56 Å². The second-order valence-electron chi connectivity index (χ2n) is 9.74. The van der Waals surface area contributed by atoms with Gasteiger partial charge < -0.3 is 14.2 Å². The van der Waals surface area contributed by atoms with Gasteiger partial charge in [-0.15, -0.1) is 10.2 Å². The molecule has 3 heterocycles. The van der Waals surface area contributed by atoms with Gasteiger partial charge in [0.1, 0.15) is 23.8 Å². The molecule has 0 unspecified atom stereocenters. The molecule has 0 aliphatic rings. The summed E-state index contributed by atoms with van der Waals surface area (Å²) in [5, 5.41) is 15.3. The van der Waals surface area contributed by atoms with E-state index in [0.29, 0.717) is 28.7 Å². The van der Waals surface area contributed by atoms with Crippen LogP contribution in [0.2, 0.25) is 0 Å². The van der Waals surface area contributed by atoms with Gasteiger partial charge in [-0.05, 0) is 83.2 Å². The van der Waals surface area contributed by atoms with E-state index in [1.54, 1.807) is 43.3 Å². The van der Waals surface area contributed by atoms with Crippen LogP contribution in [0.4, 0.5) is 5.69 Å². The number of carbonyl (C=O) groups excluding carboxylic acids is 2. The number of amides is 2. The fourth-order valence-corrected chi connectivity index (χ4v) is 3.72. The van der Waals surface area contributed by atoms with E-state index >= 15 is 0 Å². The number of aromatic nitrogens is 4. The summed E-state index contributed by atoms with van der Waals surface area (Å²) in [5.74, 6) is 1.62. The van der Waals surface area contributed by atoms with E-state index in [1.165, 1.54) is 9.70 Å². The summed E-state index contributed by atoms with van der Waals surface area (Å²) < 4.78 is 11.4. The molecule has 4 aromatic rings.